The molecule has 1 aliphatic carbocycles. The number of allylic oxidation sites excluding steroid dienone is 1. The molecule has 0 aliphatic heterocycles. The van der Waals surface area contributed by atoms with Crippen LogP contribution in [0.5, 0.6) is 0 Å². The minimum atomic E-state index is -1.25. The molecule has 1 amide bonds. The Bertz CT molecular complexity index is 1270. The first-order chi connectivity index (χ1) is 16.7. The number of rotatable bonds is 7. The number of carbonyl (C=O) groups excluding carboxylic acids is 1. The van der Waals surface area contributed by atoms with Crippen molar-refractivity contribution >= 4 is 11.9 Å². The molecular weight excluding hydrogens is 467 g/mol. The standard InChI is InChI=1S/C23H20F3N5O4/c24-13-2-4-19(28-10-13)21-30-20(35-31-21)9-17(27)22(32)29-18-3-1-11(7-16(18)23(33)34)12-5-14(25)8-15(26)6-12/h2,4-6,8,10-11,17H,1,3,7,9,27H2,(H,29,32)(H,33,34). The molecule has 4 N–H and O–H groups in total. The van der Waals surface area contributed by atoms with Gasteiger partial charge in [-0.1, -0.05) is 5.16 Å². The van der Waals surface area contributed by atoms with Gasteiger partial charge in [-0.2, -0.15) is 4.98 Å². The number of pyridine rings is 1. The van der Waals surface area contributed by atoms with E-state index in [1.807, 2.05) is 0 Å². The summed E-state index contributed by atoms with van der Waals surface area (Å²) in [6.45, 7) is 0. The summed E-state index contributed by atoms with van der Waals surface area (Å²) in [7, 11) is 0. The number of carboxylic acids is 1. The third-order valence-electron chi connectivity index (χ3n) is 5.60. The quantitative estimate of drug-likeness (QED) is 0.462. The van der Waals surface area contributed by atoms with Crippen LogP contribution in [0.3, 0.4) is 0 Å². The van der Waals surface area contributed by atoms with Gasteiger partial charge in [0.2, 0.25) is 17.6 Å². The second-order valence-electron chi connectivity index (χ2n) is 8.08. The van der Waals surface area contributed by atoms with E-state index >= 15 is 0 Å². The number of halogens is 3. The number of hydrogen-bond donors (Lipinski definition) is 3. The lowest BCUT2D eigenvalue weighted by Gasteiger charge is -2.26. The second-order valence-corrected chi connectivity index (χ2v) is 8.08. The Morgan fingerprint density at radius 1 is 1.17 bits per heavy atom. The summed E-state index contributed by atoms with van der Waals surface area (Å²) < 4.78 is 45.3. The molecule has 1 aliphatic rings. The van der Waals surface area contributed by atoms with E-state index in [2.05, 4.69) is 20.4 Å². The van der Waals surface area contributed by atoms with Gasteiger partial charge in [-0.3, -0.25) is 4.79 Å². The van der Waals surface area contributed by atoms with Crippen LogP contribution in [-0.4, -0.2) is 38.1 Å². The Kier molecular flexibility index (Phi) is 6.92. The van der Waals surface area contributed by atoms with Crippen LogP contribution in [-0.2, 0) is 16.0 Å². The molecule has 4 rings (SSSR count). The first-order valence-corrected chi connectivity index (χ1v) is 10.6. The molecule has 12 heteroatoms. The summed E-state index contributed by atoms with van der Waals surface area (Å²) >= 11 is 0. The van der Waals surface area contributed by atoms with E-state index in [1.54, 1.807) is 0 Å². The summed E-state index contributed by atoms with van der Waals surface area (Å²) in [5.41, 5.74) is 6.70. The van der Waals surface area contributed by atoms with Crippen LogP contribution in [0.15, 0.2) is 52.3 Å². The van der Waals surface area contributed by atoms with Crippen molar-refractivity contribution in [2.75, 3.05) is 0 Å². The number of amides is 1. The average Bonchev–Trinajstić information content (AvgIpc) is 3.27. The van der Waals surface area contributed by atoms with Gasteiger partial charge in [0.25, 0.3) is 0 Å². The lowest BCUT2D eigenvalue weighted by molar-refractivity contribution is -0.133. The smallest absolute Gasteiger partial charge is 0.333 e. The van der Waals surface area contributed by atoms with E-state index in [0.29, 0.717) is 12.0 Å². The fraction of sp³-hybridized carbons (Fsp3) is 0.261. The number of nitrogens with zero attached hydrogens (tertiary/aromatic N) is 3. The number of carbonyl (C=O) groups is 2. The van der Waals surface area contributed by atoms with Gasteiger partial charge in [0, 0.05) is 11.8 Å². The summed E-state index contributed by atoms with van der Waals surface area (Å²) in [4.78, 5) is 32.4. The van der Waals surface area contributed by atoms with Crippen molar-refractivity contribution < 1.29 is 32.4 Å². The molecule has 0 radical (unpaired) electrons. The average molecular weight is 487 g/mol. The van der Waals surface area contributed by atoms with E-state index in [-0.39, 0.29) is 47.9 Å². The van der Waals surface area contributed by atoms with Crippen molar-refractivity contribution in [1.82, 2.24) is 20.4 Å². The fourth-order valence-electron chi connectivity index (χ4n) is 3.86. The highest BCUT2D eigenvalue weighted by Gasteiger charge is 2.29. The van der Waals surface area contributed by atoms with Gasteiger partial charge in [-0.05, 0) is 55.0 Å². The first-order valence-electron chi connectivity index (χ1n) is 10.6. The summed E-state index contributed by atoms with van der Waals surface area (Å²) in [6.07, 6.45) is 1.39. The van der Waals surface area contributed by atoms with E-state index in [1.165, 1.54) is 24.3 Å². The van der Waals surface area contributed by atoms with Crippen LogP contribution in [0.2, 0.25) is 0 Å². The minimum absolute atomic E-state index is 0.0131. The van der Waals surface area contributed by atoms with Gasteiger partial charge in [-0.25, -0.2) is 22.9 Å². The molecule has 3 aromatic rings. The van der Waals surface area contributed by atoms with Gasteiger partial charge in [0.15, 0.2) is 0 Å². The zero-order valence-electron chi connectivity index (χ0n) is 18.2. The van der Waals surface area contributed by atoms with Crippen LogP contribution >= 0.6 is 0 Å². The molecule has 2 heterocycles. The predicted molar refractivity (Wildman–Crippen MR) is 115 cm³/mol. The van der Waals surface area contributed by atoms with E-state index in [0.717, 1.165) is 12.3 Å². The Balaban J connectivity index is 1.43. The third kappa shape index (κ3) is 5.72. The lowest BCUT2D eigenvalue weighted by atomic mass is 9.82. The van der Waals surface area contributed by atoms with Gasteiger partial charge in [0.1, 0.15) is 23.1 Å². The van der Waals surface area contributed by atoms with E-state index in [4.69, 9.17) is 10.3 Å². The van der Waals surface area contributed by atoms with Crippen molar-refractivity contribution in [3.05, 3.63) is 76.7 Å². The molecule has 0 saturated heterocycles. The summed E-state index contributed by atoms with van der Waals surface area (Å²) in [5, 5.41) is 15.9. The number of aromatic nitrogens is 3. The molecule has 1 aromatic carbocycles. The Hall–Kier alpha value is -4.06. The molecule has 35 heavy (non-hydrogen) atoms. The SMILES string of the molecule is NC(Cc1nc(-c2ccc(F)cn2)no1)C(=O)NC1=C(C(=O)O)CC(c2cc(F)cc(F)c2)CC1. The van der Waals surface area contributed by atoms with Crippen molar-refractivity contribution in [2.45, 2.75) is 37.6 Å². The zero-order chi connectivity index (χ0) is 25.1. The monoisotopic (exact) mass is 487 g/mol. The number of aliphatic carboxylic acids is 1. The summed E-state index contributed by atoms with van der Waals surface area (Å²) in [5.74, 6) is -4.21. The van der Waals surface area contributed by atoms with Crippen molar-refractivity contribution in [3.63, 3.8) is 0 Å². The Morgan fingerprint density at radius 2 is 1.91 bits per heavy atom. The maximum Gasteiger partial charge on any atom is 0.333 e. The van der Waals surface area contributed by atoms with Gasteiger partial charge in [0.05, 0.1) is 24.2 Å². The van der Waals surface area contributed by atoms with Crippen LogP contribution in [0.4, 0.5) is 13.2 Å². The zero-order valence-corrected chi connectivity index (χ0v) is 18.2. The summed E-state index contributed by atoms with van der Waals surface area (Å²) in [6, 6.07) is 4.51. The number of hydrogen-bond acceptors (Lipinski definition) is 7. The predicted octanol–water partition coefficient (Wildman–Crippen LogP) is 2.84. The molecule has 0 fully saturated rings. The van der Waals surface area contributed by atoms with Crippen molar-refractivity contribution in [2.24, 2.45) is 5.73 Å². The number of nitrogens with one attached hydrogen (secondary N) is 1. The topological polar surface area (TPSA) is 144 Å². The van der Waals surface area contributed by atoms with Crippen LogP contribution in [0.25, 0.3) is 11.5 Å². The molecule has 0 bridgehead atoms. The molecule has 0 saturated carbocycles. The largest absolute Gasteiger partial charge is 0.478 e. The molecule has 182 valence electrons. The van der Waals surface area contributed by atoms with Crippen LogP contribution in [0, 0.1) is 17.5 Å². The molecule has 0 spiro atoms. The molecule has 2 aromatic heterocycles. The van der Waals surface area contributed by atoms with Gasteiger partial charge >= 0.3 is 5.97 Å². The molecular formula is C23H20F3N5O4. The normalized spacial score (nSPS) is 16.7. The highest BCUT2D eigenvalue weighted by molar-refractivity contribution is 5.90. The van der Waals surface area contributed by atoms with Crippen molar-refractivity contribution in [1.29, 1.82) is 0 Å². The number of carboxylic acid groups (broad SMARTS) is 1. The minimum Gasteiger partial charge on any atom is -0.478 e. The maximum absolute atomic E-state index is 13.6. The molecule has 2 unspecified atom stereocenters. The van der Waals surface area contributed by atoms with Crippen molar-refractivity contribution in [3.8, 4) is 11.5 Å². The Labute approximate surface area is 196 Å². The third-order valence-corrected chi connectivity index (χ3v) is 5.60. The fourth-order valence-corrected chi connectivity index (χ4v) is 3.86. The van der Waals surface area contributed by atoms with Crippen LogP contribution in [0.1, 0.15) is 36.6 Å². The second kappa shape index (κ2) is 10.1. The lowest BCUT2D eigenvalue weighted by Crippen LogP contribution is -2.42. The van der Waals surface area contributed by atoms with E-state index in [9.17, 15) is 27.9 Å². The highest BCUT2D eigenvalue weighted by Crippen LogP contribution is 2.36. The van der Waals surface area contributed by atoms with Crippen LogP contribution < -0.4 is 11.1 Å². The maximum atomic E-state index is 13.6. The Morgan fingerprint density at radius 3 is 2.57 bits per heavy atom. The van der Waals surface area contributed by atoms with E-state index < -0.39 is 41.3 Å². The molecule has 9 nitrogen and oxygen atoms in total. The van der Waals surface area contributed by atoms with Gasteiger partial charge in [-0.15, -0.1) is 0 Å². The number of benzene rings is 1. The highest BCUT2D eigenvalue weighted by atomic mass is 19.1. The number of nitrogens with two attached hydrogens (primary N) is 1. The first kappa shape index (κ1) is 24.1. The van der Waals surface area contributed by atoms with Gasteiger partial charge < -0.3 is 20.7 Å². The molecule has 2 atom stereocenters.